The van der Waals surface area contributed by atoms with Crippen molar-refractivity contribution in [3.8, 4) is 6.01 Å². The van der Waals surface area contributed by atoms with Gasteiger partial charge in [0.15, 0.2) is 6.33 Å². The van der Waals surface area contributed by atoms with Gasteiger partial charge in [-0.05, 0) is 56.7 Å². The Kier molecular flexibility index (Phi) is 8.30. The van der Waals surface area contributed by atoms with Crippen molar-refractivity contribution in [2.24, 2.45) is 0 Å². The van der Waals surface area contributed by atoms with Crippen LogP contribution in [-0.2, 0) is 11.2 Å². The molecular weight excluding hydrogens is 432 g/mol. The van der Waals surface area contributed by atoms with Crippen molar-refractivity contribution in [1.82, 2.24) is 20.1 Å². The number of hydrogen-bond acceptors (Lipinski definition) is 9. The van der Waals surface area contributed by atoms with E-state index in [9.17, 15) is 0 Å². The smallest absolute Gasteiger partial charge is 0.316 e. The normalized spacial score (nSPS) is 15.1. The molecule has 3 heterocycles. The number of nitrogens with one attached hydrogen (secondary N) is 1. The molecule has 9 nitrogen and oxygen atoms in total. The fourth-order valence-electron chi connectivity index (χ4n) is 4.51. The summed E-state index contributed by atoms with van der Waals surface area (Å²) in [7, 11) is 0. The maximum atomic E-state index is 5.61. The van der Waals surface area contributed by atoms with Crippen molar-refractivity contribution in [2.45, 2.75) is 58.4 Å². The monoisotopic (exact) mass is 466 g/mol. The van der Waals surface area contributed by atoms with Crippen LogP contribution in [0.2, 0.25) is 0 Å². The Hall–Kier alpha value is -3.20. The van der Waals surface area contributed by atoms with E-state index in [1.54, 1.807) is 12.4 Å². The zero-order valence-corrected chi connectivity index (χ0v) is 20.2. The molecule has 0 unspecified atom stereocenters. The van der Waals surface area contributed by atoms with Crippen LogP contribution in [0.5, 0.6) is 6.01 Å². The average molecular weight is 467 g/mol. The highest BCUT2D eigenvalue weighted by Crippen LogP contribution is 2.36. The van der Waals surface area contributed by atoms with Gasteiger partial charge in [-0.15, -0.1) is 0 Å². The number of aromatic nitrogens is 4. The molecule has 1 saturated heterocycles. The molecule has 4 rings (SSSR count). The lowest BCUT2D eigenvalue weighted by Crippen LogP contribution is -2.39. The summed E-state index contributed by atoms with van der Waals surface area (Å²) in [4.78, 5) is 15.3. The number of anilines is 3. The van der Waals surface area contributed by atoms with Crippen molar-refractivity contribution in [3.63, 3.8) is 0 Å². The third-order valence-corrected chi connectivity index (χ3v) is 6.28. The first-order valence-electron chi connectivity index (χ1n) is 12.2. The van der Waals surface area contributed by atoms with Gasteiger partial charge in [-0.3, -0.25) is 0 Å². The minimum Gasteiger partial charge on any atom is -0.464 e. The number of ether oxygens (including phenoxy) is 2. The second-order valence-corrected chi connectivity index (χ2v) is 8.36. The van der Waals surface area contributed by atoms with E-state index >= 15 is 0 Å². The lowest BCUT2D eigenvalue weighted by atomic mass is 9.92. The van der Waals surface area contributed by atoms with Gasteiger partial charge in [-0.25, -0.2) is 9.97 Å². The van der Waals surface area contributed by atoms with Crippen LogP contribution in [-0.4, -0.2) is 52.5 Å². The zero-order valence-electron chi connectivity index (χ0n) is 20.2. The Balaban J connectivity index is 1.66. The quantitative estimate of drug-likeness (QED) is 0.429. The SMILES string of the molecule is CCOc1ncc(Nc2cc([C@H](CC)Cc3ncno3)ccc2N(CC)C2CCOCC2)cn1. The van der Waals surface area contributed by atoms with Crippen LogP contribution < -0.4 is 15.0 Å². The molecule has 34 heavy (non-hydrogen) atoms. The lowest BCUT2D eigenvalue weighted by Gasteiger charge is -2.37. The van der Waals surface area contributed by atoms with Crippen LogP contribution in [0.4, 0.5) is 17.1 Å². The lowest BCUT2D eigenvalue weighted by molar-refractivity contribution is 0.0846. The van der Waals surface area contributed by atoms with Gasteiger partial charge in [0.2, 0.25) is 5.89 Å². The fraction of sp³-hybridized carbons (Fsp3) is 0.520. The molecule has 182 valence electrons. The standard InChI is InChI=1S/C25H34N6O3/c1-4-18(14-24-28-17-29-34-24)19-7-8-23(31(5-2)21-9-11-32-12-10-21)22(13-19)30-20-15-26-25(27-16-20)33-6-3/h7-8,13,15-18,21,30H,4-6,9-12,14H2,1-3H3/t18-/m1/s1. The maximum Gasteiger partial charge on any atom is 0.316 e. The number of nitrogens with zero attached hydrogens (tertiary/aromatic N) is 5. The number of rotatable bonds is 11. The molecule has 0 spiro atoms. The van der Waals surface area contributed by atoms with Gasteiger partial charge in [0.25, 0.3) is 0 Å². The number of hydrogen-bond donors (Lipinski definition) is 1. The van der Waals surface area contributed by atoms with Crippen molar-refractivity contribution in [3.05, 3.63) is 48.4 Å². The van der Waals surface area contributed by atoms with Crippen molar-refractivity contribution in [2.75, 3.05) is 36.6 Å². The van der Waals surface area contributed by atoms with Crippen molar-refractivity contribution < 1.29 is 14.0 Å². The summed E-state index contributed by atoms with van der Waals surface area (Å²) < 4.78 is 16.3. The highest BCUT2D eigenvalue weighted by atomic mass is 16.5. The van der Waals surface area contributed by atoms with Crippen LogP contribution in [0.15, 0.2) is 41.4 Å². The van der Waals surface area contributed by atoms with Crippen LogP contribution in [0.3, 0.4) is 0 Å². The van der Waals surface area contributed by atoms with E-state index in [1.807, 2.05) is 6.92 Å². The van der Waals surface area contributed by atoms with E-state index in [-0.39, 0.29) is 5.92 Å². The molecule has 2 aromatic heterocycles. The Morgan fingerprint density at radius 3 is 2.56 bits per heavy atom. The third-order valence-electron chi connectivity index (χ3n) is 6.28. The topological polar surface area (TPSA) is 98.4 Å². The third kappa shape index (κ3) is 5.83. The van der Waals surface area contributed by atoms with Gasteiger partial charge in [0.05, 0.1) is 36.1 Å². The Morgan fingerprint density at radius 2 is 1.91 bits per heavy atom. The van der Waals surface area contributed by atoms with E-state index in [4.69, 9.17) is 14.0 Å². The van der Waals surface area contributed by atoms with Crippen molar-refractivity contribution >= 4 is 17.1 Å². The molecule has 9 heteroatoms. The predicted molar refractivity (Wildman–Crippen MR) is 131 cm³/mol. The van der Waals surface area contributed by atoms with E-state index < -0.39 is 0 Å². The van der Waals surface area contributed by atoms with Crippen LogP contribution >= 0.6 is 0 Å². The van der Waals surface area contributed by atoms with E-state index in [2.05, 4.69) is 62.4 Å². The van der Waals surface area contributed by atoms with Crippen LogP contribution in [0.25, 0.3) is 0 Å². The molecule has 0 saturated carbocycles. The fourth-order valence-corrected chi connectivity index (χ4v) is 4.51. The molecule has 0 radical (unpaired) electrons. The first-order chi connectivity index (χ1) is 16.7. The molecule has 1 fully saturated rings. The average Bonchev–Trinajstić information content (AvgIpc) is 3.39. The van der Waals surface area contributed by atoms with Gasteiger partial charge in [-0.2, -0.15) is 4.98 Å². The maximum absolute atomic E-state index is 5.61. The van der Waals surface area contributed by atoms with Gasteiger partial charge < -0.3 is 24.2 Å². The summed E-state index contributed by atoms with van der Waals surface area (Å²) in [5, 5.41) is 7.33. The second-order valence-electron chi connectivity index (χ2n) is 8.36. The largest absolute Gasteiger partial charge is 0.464 e. The highest BCUT2D eigenvalue weighted by Gasteiger charge is 2.24. The van der Waals surface area contributed by atoms with Gasteiger partial charge in [0, 0.05) is 32.2 Å². The second kappa shape index (κ2) is 11.8. The molecular formula is C25H34N6O3. The Bertz CT molecular complexity index is 1010. The van der Waals surface area contributed by atoms with Gasteiger partial charge >= 0.3 is 6.01 Å². The Morgan fingerprint density at radius 1 is 1.12 bits per heavy atom. The summed E-state index contributed by atoms with van der Waals surface area (Å²) in [6, 6.07) is 7.51. The minimum atomic E-state index is 0.268. The van der Waals surface area contributed by atoms with Gasteiger partial charge in [0.1, 0.15) is 0 Å². The molecule has 3 aromatic rings. The molecule has 0 amide bonds. The van der Waals surface area contributed by atoms with Crippen molar-refractivity contribution in [1.29, 1.82) is 0 Å². The minimum absolute atomic E-state index is 0.268. The number of benzene rings is 1. The van der Waals surface area contributed by atoms with E-state index in [0.717, 1.165) is 50.4 Å². The zero-order chi connectivity index (χ0) is 23.8. The molecule has 1 N–H and O–H groups in total. The molecule has 1 aliphatic heterocycles. The first kappa shape index (κ1) is 23.9. The van der Waals surface area contributed by atoms with Gasteiger partial charge in [-0.1, -0.05) is 18.1 Å². The molecule has 0 bridgehead atoms. The molecule has 1 aliphatic rings. The summed E-state index contributed by atoms with van der Waals surface area (Å²) >= 11 is 0. The predicted octanol–water partition coefficient (Wildman–Crippen LogP) is 4.74. The summed E-state index contributed by atoms with van der Waals surface area (Å²) in [5.41, 5.74) is 4.24. The summed E-state index contributed by atoms with van der Waals surface area (Å²) in [5.74, 6) is 0.924. The summed E-state index contributed by atoms with van der Waals surface area (Å²) in [6.45, 7) is 9.36. The Labute approximate surface area is 200 Å². The molecule has 0 aliphatic carbocycles. The van der Waals surface area contributed by atoms with Crippen LogP contribution in [0, 0.1) is 0 Å². The van der Waals surface area contributed by atoms with Crippen LogP contribution in [0.1, 0.15) is 57.4 Å². The van der Waals surface area contributed by atoms with E-state index in [1.165, 1.54) is 17.6 Å². The molecule has 1 aromatic carbocycles. The first-order valence-corrected chi connectivity index (χ1v) is 12.2. The van der Waals surface area contributed by atoms with E-state index in [0.29, 0.717) is 31.0 Å². The summed E-state index contributed by atoms with van der Waals surface area (Å²) in [6.07, 6.45) is 8.69. The highest BCUT2D eigenvalue weighted by molar-refractivity contribution is 5.76. The molecule has 1 atom stereocenters.